The van der Waals surface area contributed by atoms with E-state index in [9.17, 15) is 25.0 Å². The van der Waals surface area contributed by atoms with Gasteiger partial charge in [-0.1, -0.05) is 11.6 Å². The lowest BCUT2D eigenvalue weighted by molar-refractivity contribution is -0.788. The summed E-state index contributed by atoms with van der Waals surface area (Å²) in [6.07, 6.45) is -0.558. The Labute approximate surface area is 209 Å². The second-order valence-corrected chi connectivity index (χ2v) is 8.98. The number of nitrogens with zero attached hydrogens (tertiary/aromatic N) is 3. The molecule has 35 heavy (non-hydrogen) atoms. The predicted octanol–water partition coefficient (Wildman–Crippen LogP) is 4.36. The van der Waals surface area contributed by atoms with Crippen molar-refractivity contribution >= 4 is 40.2 Å². The number of hydrogen-bond acceptors (Lipinski definition) is 9. The van der Waals surface area contributed by atoms with Crippen molar-refractivity contribution in [1.82, 2.24) is 4.57 Å². The number of ether oxygens (including phenoxy) is 1. The summed E-state index contributed by atoms with van der Waals surface area (Å²) >= 11 is 7.28. The van der Waals surface area contributed by atoms with E-state index < -0.39 is 22.9 Å². The zero-order valence-electron chi connectivity index (χ0n) is 18.8. The quantitative estimate of drug-likeness (QED) is 0.192. The summed E-state index contributed by atoms with van der Waals surface area (Å²) in [4.78, 5) is 43.1. The first-order chi connectivity index (χ1) is 16.7. The third-order valence-electron chi connectivity index (χ3n) is 5.24. The molecule has 1 atom stereocenters. The lowest BCUT2D eigenvalue weighted by Gasteiger charge is -2.13. The van der Waals surface area contributed by atoms with Crippen LogP contribution in [0.2, 0.25) is 5.02 Å². The molecule has 0 aliphatic rings. The Morgan fingerprint density at radius 2 is 1.86 bits per heavy atom. The van der Waals surface area contributed by atoms with E-state index in [4.69, 9.17) is 16.3 Å². The third-order valence-corrected chi connectivity index (χ3v) is 6.59. The second-order valence-electron chi connectivity index (χ2n) is 7.39. The van der Waals surface area contributed by atoms with Crippen molar-refractivity contribution in [3.63, 3.8) is 0 Å². The molecule has 186 valence electrons. The van der Waals surface area contributed by atoms with Crippen LogP contribution in [0.15, 0.2) is 42.5 Å². The minimum Gasteiger partial charge on any atom is -0.497 e. The summed E-state index contributed by atoms with van der Waals surface area (Å²) in [5.74, 6) is 1.06. The van der Waals surface area contributed by atoms with Crippen molar-refractivity contribution < 1.29 is 29.4 Å². The summed E-state index contributed by atoms with van der Waals surface area (Å²) < 4.78 is 7.00. The van der Waals surface area contributed by atoms with Crippen LogP contribution in [0.3, 0.4) is 0 Å². The molecule has 11 nitrogen and oxygen atoms in total. The van der Waals surface area contributed by atoms with Crippen molar-refractivity contribution in [2.75, 3.05) is 25.2 Å². The Morgan fingerprint density at radius 1 is 1.14 bits per heavy atom. The molecule has 2 aromatic carbocycles. The number of aromatic nitrogens is 1. The number of carbonyl (C=O) groups excluding carboxylic acids is 1. The number of carbonyl (C=O) groups is 1. The van der Waals surface area contributed by atoms with Gasteiger partial charge in [0.1, 0.15) is 18.5 Å². The van der Waals surface area contributed by atoms with Gasteiger partial charge >= 0.3 is 0 Å². The van der Waals surface area contributed by atoms with Gasteiger partial charge < -0.3 is 14.4 Å². The SMILES string of the molecule is COc1ccc2c(c1)c(CCSCC(CO[N+](=O)[O-])O[N+](=O)[O-])c(C)n2C(=O)c1ccc(Cl)cc1. The summed E-state index contributed by atoms with van der Waals surface area (Å²) in [6, 6.07) is 12.1. The van der Waals surface area contributed by atoms with Crippen molar-refractivity contribution in [1.29, 1.82) is 0 Å². The zero-order chi connectivity index (χ0) is 25.5. The Morgan fingerprint density at radius 3 is 2.49 bits per heavy atom. The highest BCUT2D eigenvalue weighted by atomic mass is 35.5. The Hall–Kier alpha value is -3.51. The van der Waals surface area contributed by atoms with E-state index in [2.05, 4.69) is 9.68 Å². The monoisotopic (exact) mass is 523 g/mol. The molecule has 13 heteroatoms. The van der Waals surface area contributed by atoms with Gasteiger partial charge in [-0.2, -0.15) is 11.8 Å². The summed E-state index contributed by atoms with van der Waals surface area (Å²) in [5, 5.41) is 20.4. The average Bonchev–Trinajstić information content (AvgIpc) is 3.09. The van der Waals surface area contributed by atoms with Crippen molar-refractivity contribution in [2.45, 2.75) is 19.4 Å². The van der Waals surface area contributed by atoms with Crippen LogP contribution in [0.5, 0.6) is 5.75 Å². The van der Waals surface area contributed by atoms with Gasteiger partial charge in [-0.15, -0.1) is 20.2 Å². The molecule has 0 saturated heterocycles. The van der Waals surface area contributed by atoms with Crippen LogP contribution < -0.4 is 4.74 Å². The molecule has 0 aliphatic heterocycles. The Balaban J connectivity index is 1.82. The number of thioether (sulfide) groups is 1. The van der Waals surface area contributed by atoms with Gasteiger partial charge in [0.05, 0.1) is 12.6 Å². The number of benzene rings is 2. The Bertz CT molecular complexity index is 1230. The predicted molar refractivity (Wildman–Crippen MR) is 130 cm³/mol. The zero-order valence-corrected chi connectivity index (χ0v) is 20.4. The minimum atomic E-state index is -1.09. The number of aryl methyl sites for hydroxylation is 1. The topological polar surface area (TPSA) is 136 Å². The fourth-order valence-electron chi connectivity index (χ4n) is 3.65. The molecular formula is C22H22ClN3O8S. The summed E-state index contributed by atoms with van der Waals surface area (Å²) in [6.45, 7) is 1.30. The highest BCUT2D eigenvalue weighted by Gasteiger charge is 2.21. The second kappa shape index (κ2) is 11.8. The average molecular weight is 524 g/mol. The van der Waals surface area contributed by atoms with E-state index in [0.29, 0.717) is 28.5 Å². The number of methoxy groups -OCH3 is 1. The lowest BCUT2D eigenvalue weighted by Crippen LogP contribution is -2.27. The summed E-state index contributed by atoms with van der Waals surface area (Å²) in [7, 11) is 1.56. The van der Waals surface area contributed by atoms with Crippen LogP contribution in [0.1, 0.15) is 21.6 Å². The highest BCUT2D eigenvalue weighted by molar-refractivity contribution is 7.99. The van der Waals surface area contributed by atoms with Crippen LogP contribution in [0.4, 0.5) is 0 Å². The first-order valence-corrected chi connectivity index (χ1v) is 11.9. The minimum absolute atomic E-state index is 0.111. The smallest absolute Gasteiger partial charge is 0.294 e. The number of fused-ring (bicyclic) bond motifs is 1. The Kier molecular flexibility index (Phi) is 8.77. The molecule has 0 radical (unpaired) electrons. The molecule has 1 unspecified atom stereocenters. The lowest BCUT2D eigenvalue weighted by atomic mass is 10.1. The molecule has 0 aliphatic carbocycles. The van der Waals surface area contributed by atoms with Gasteiger partial charge in [-0.3, -0.25) is 9.36 Å². The first kappa shape index (κ1) is 26.1. The maximum absolute atomic E-state index is 13.3. The van der Waals surface area contributed by atoms with E-state index in [1.807, 2.05) is 19.1 Å². The van der Waals surface area contributed by atoms with Gasteiger partial charge in [0.2, 0.25) is 0 Å². The number of halogens is 1. The molecule has 3 rings (SSSR count). The molecule has 1 heterocycles. The first-order valence-electron chi connectivity index (χ1n) is 10.4. The maximum atomic E-state index is 13.3. The van der Waals surface area contributed by atoms with E-state index in [0.717, 1.165) is 22.2 Å². The van der Waals surface area contributed by atoms with Crippen molar-refractivity contribution in [3.05, 3.63) is 84.5 Å². The fraction of sp³-hybridized carbons (Fsp3) is 0.318. The number of rotatable bonds is 12. The normalized spacial score (nSPS) is 11.7. The van der Waals surface area contributed by atoms with Gasteiger partial charge in [-0.25, -0.2) is 0 Å². The van der Waals surface area contributed by atoms with Crippen LogP contribution in [-0.2, 0) is 16.1 Å². The van der Waals surface area contributed by atoms with E-state index in [-0.39, 0.29) is 11.7 Å². The van der Waals surface area contributed by atoms with Crippen LogP contribution >= 0.6 is 23.4 Å². The molecule has 0 bridgehead atoms. The largest absolute Gasteiger partial charge is 0.497 e. The van der Waals surface area contributed by atoms with Crippen molar-refractivity contribution in [3.8, 4) is 5.75 Å². The van der Waals surface area contributed by atoms with Crippen LogP contribution in [-0.4, -0.2) is 52.0 Å². The van der Waals surface area contributed by atoms with Crippen LogP contribution in [0.25, 0.3) is 10.9 Å². The van der Waals surface area contributed by atoms with Gasteiger partial charge in [0, 0.05) is 27.4 Å². The molecule has 0 saturated carbocycles. The van der Waals surface area contributed by atoms with Gasteiger partial charge in [0.25, 0.3) is 16.1 Å². The van der Waals surface area contributed by atoms with E-state index in [1.54, 1.807) is 42.0 Å². The molecule has 0 N–H and O–H groups in total. The van der Waals surface area contributed by atoms with Gasteiger partial charge in [0.15, 0.2) is 0 Å². The maximum Gasteiger partial charge on any atom is 0.294 e. The summed E-state index contributed by atoms with van der Waals surface area (Å²) in [5.41, 5.74) is 2.87. The van der Waals surface area contributed by atoms with Crippen LogP contribution in [0, 0.1) is 27.2 Å². The molecule has 0 spiro atoms. The fourth-order valence-corrected chi connectivity index (χ4v) is 4.71. The highest BCUT2D eigenvalue weighted by Crippen LogP contribution is 2.31. The third kappa shape index (κ3) is 6.55. The molecular weight excluding hydrogens is 502 g/mol. The molecule has 0 fully saturated rings. The van der Waals surface area contributed by atoms with Crippen molar-refractivity contribution in [2.24, 2.45) is 0 Å². The molecule has 0 amide bonds. The standard InChI is InChI=1S/C22H22ClN3O8S/c1-14-19(9-10-35-13-18(34-26(30)31)12-33-25(28)29)20-11-17(32-2)7-8-21(20)24(14)22(27)15-3-5-16(23)6-4-15/h3-8,11,18H,9-10,12-13H2,1-2H3. The van der Waals surface area contributed by atoms with E-state index >= 15 is 0 Å². The number of hydrogen-bond donors (Lipinski definition) is 0. The molecule has 3 aromatic rings. The van der Waals surface area contributed by atoms with Gasteiger partial charge in [-0.05, 0) is 67.1 Å². The van der Waals surface area contributed by atoms with E-state index in [1.165, 1.54) is 11.8 Å². The molecule has 1 aromatic heterocycles.